The summed E-state index contributed by atoms with van der Waals surface area (Å²) in [7, 11) is 0. The van der Waals surface area contributed by atoms with Gasteiger partial charge in [0.2, 0.25) is 0 Å². The highest BCUT2D eigenvalue weighted by Gasteiger charge is 2.27. The molecule has 0 bridgehead atoms. The smallest absolute Gasteiger partial charge is 0.272 e. The summed E-state index contributed by atoms with van der Waals surface area (Å²) in [6.45, 7) is 4.33. The number of piperazine rings is 1. The summed E-state index contributed by atoms with van der Waals surface area (Å²) in [6, 6.07) is 19.7. The second kappa shape index (κ2) is 8.86. The van der Waals surface area contributed by atoms with Crippen LogP contribution in [0.3, 0.4) is 0 Å². The van der Waals surface area contributed by atoms with E-state index in [4.69, 9.17) is 4.42 Å². The highest BCUT2D eigenvalue weighted by molar-refractivity contribution is 5.94. The first-order valence-electron chi connectivity index (χ1n) is 11.0. The summed E-state index contributed by atoms with van der Waals surface area (Å²) in [5.41, 5.74) is 3.92. The fraction of sp³-hybridized carbons (Fsp3) is 0.200. The third-order valence-electron chi connectivity index (χ3n) is 5.94. The van der Waals surface area contributed by atoms with E-state index >= 15 is 0 Å². The van der Waals surface area contributed by atoms with E-state index < -0.39 is 4.92 Å². The Kier molecular flexibility index (Phi) is 5.59. The van der Waals surface area contributed by atoms with Crippen molar-refractivity contribution in [2.75, 3.05) is 31.1 Å². The summed E-state index contributed by atoms with van der Waals surface area (Å²) < 4.78 is 7.19. The van der Waals surface area contributed by atoms with Crippen LogP contribution in [-0.2, 0) is 0 Å². The van der Waals surface area contributed by atoms with Gasteiger partial charge in [0, 0.05) is 50.1 Å². The Labute approximate surface area is 196 Å². The minimum absolute atomic E-state index is 0.0642. The van der Waals surface area contributed by atoms with Gasteiger partial charge < -0.3 is 14.2 Å². The number of anilines is 1. The van der Waals surface area contributed by atoms with Gasteiger partial charge in [0.15, 0.2) is 5.76 Å². The standard InChI is InChI=1S/C25H23N5O4/c1-18-4-2-5-21(16-18)29-23(17-22(26-29)24-6-3-15-34-24)25(31)28-13-11-27(12-14-28)19-7-9-20(10-8-19)30(32)33/h2-10,15-17H,11-14H2,1H3. The molecule has 1 fully saturated rings. The Morgan fingerprint density at radius 2 is 1.74 bits per heavy atom. The van der Waals surface area contributed by atoms with Crippen molar-refractivity contribution < 1.29 is 14.1 Å². The Morgan fingerprint density at radius 1 is 0.971 bits per heavy atom. The Balaban J connectivity index is 1.37. The van der Waals surface area contributed by atoms with Crippen LogP contribution in [0.5, 0.6) is 0 Å². The third kappa shape index (κ3) is 4.15. The number of carbonyl (C=O) groups is 1. The lowest BCUT2D eigenvalue weighted by Gasteiger charge is -2.36. The number of rotatable bonds is 5. The molecule has 1 aliphatic rings. The molecule has 0 atom stereocenters. The first-order chi connectivity index (χ1) is 16.5. The molecule has 34 heavy (non-hydrogen) atoms. The molecule has 5 rings (SSSR count). The number of furan rings is 1. The lowest BCUT2D eigenvalue weighted by atomic mass is 10.2. The van der Waals surface area contributed by atoms with Crippen molar-refractivity contribution in [2.45, 2.75) is 6.92 Å². The predicted molar refractivity (Wildman–Crippen MR) is 127 cm³/mol. The van der Waals surface area contributed by atoms with Gasteiger partial charge in [-0.05, 0) is 48.9 Å². The van der Waals surface area contributed by atoms with E-state index in [0.29, 0.717) is 43.3 Å². The van der Waals surface area contributed by atoms with Gasteiger partial charge >= 0.3 is 0 Å². The maximum atomic E-state index is 13.6. The summed E-state index contributed by atoms with van der Waals surface area (Å²) in [5.74, 6) is 0.499. The molecule has 9 heteroatoms. The fourth-order valence-corrected chi connectivity index (χ4v) is 4.15. The minimum Gasteiger partial charge on any atom is -0.463 e. The summed E-state index contributed by atoms with van der Waals surface area (Å²) in [5, 5.41) is 15.6. The van der Waals surface area contributed by atoms with Gasteiger partial charge in [-0.3, -0.25) is 14.9 Å². The van der Waals surface area contributed by atoms with Crippen LogP contribution in [0.1, 0.15) is 16.1 Å². The normalized spacial score (nSPS) is 13.8. The van der Waals surface area contributed by atoms with E-state index in [9.17, 15) is 14.9 Å². The molecule has 1 amide bonds. The van der Waals surface area contributed by atoms with Crippen molar-refractivity contribution in [1.29, 1.82) is 0 Å². The SMILES string of the molecule is Cc1cccc(-n2nc(-c3ccco3)cc2C(=O)N2CCN(c3ccc([N+](=O)[O-])cc3)CC2)c1. The van der Waals surface area contributed by atoms with Crippen LogP contribution in [0.15, 0.2) is 77.4 Å². The molecular formula is C25H23N5O4. The first-order valence-corrected chi connectivity index (χ1v) is 11.0. The molecule has 1 aliphatic heterocycles. The summed E-state index contributed by atoms with van der Waals surface area (Å²) in [6.07, 6.45) is 1.58. The molecule has 0 aliphatic carbocycles. The fourth-order valence-electron chi connectivity index (χ4n) is 4.15. The van der Waals surface area contributed by atoms with Crippen LogP contribution in [-0.4, -0.2) is 51.7 Å². The zero-order valence-corrected chi connectivity index (χ0v) is 18.6. The van der Waals surface area contributed by atoms with Gasteiger partial charge in [-0.25, -0.2) is 4.68 Å². The summed E-state index contributed by atoms with van der Waals surface area (Å²) in [4.78, 5) is 28.0. The Morgan fingerprint density at radius 3 is 2.38 bits per heavy atom. The number of nitro groups is 1. The van der Waals surface area contributed by atoms with Crippen molar-refractivity contribution in [1.82, 2.24) is 14.7 Å². The zero-order chi connectivity index (χ0) is 23.7. The molecular weight excluding hydrogens is 434 g/mol. The Hall–Kier alpha value is -4.40. The monoisotopic (exact) mass is 457 g/mol. The summed E-state index contributed by atoms with van der Waals surface area (Å²) >= 11 is 0. The molecule has 0 spiro atoms. The van der Waals surface area contributed by atoms with Gasteiger partial charge in [0.25, 0.3) is 11.6 Å². The van der Waals surface area contributed by atoms with Crippen LogP contribution in [0.2, 0.25) is 0 Å². The van der Waals surface area contributed by atoms with Gasteiger partial charge in [-0.15, -0.1) is 0 Å². The van der Waals surface area contributed by atoms with E-state index in [1.165, 1.54) is 12.1 Å². The number of non-ortho nitro benzene ring substituents is 1. The quantitative estimate of drug-likeness (QED) is 0.327. The van der Waals surface area contributed by atoms with Crippen LogP contribution in [0.25, 0.3) is 17.1 Å². The number of aromatic nitrogens is 2. The molecule has 0 radical (unpaired) electrons. The van der Waals surface area contributed by atoms with E-state index in [1.54, 1.807) is 35.2 Å². The minimum atomic E-state index is -0.408. The van der Waals surface area contributed by atoms with E-state index in [1.807, 2.05) is 42.2 Å². The molecule has 2 aromatic heterocycles. The maximum absolute atomic E-state index is 13.6. The number of benzene rings is 2. The highest BCUT2D eigenvalue weighted by atomic mass is 16.6. The van der Waals surface area contributed by atoms with E-state index in [-0.39, 0.29) is 11.6 Å². The second-order valence-electron chi connectivity index (χ2n) is 8.20. The predicted octanol–water partition coefficient (Wildman–Crippen LogP) is 4.31. The molecule has 0 unspecified atom stereocenters. The van der Waals surface area contributed by atoms with Gasteiger partial charge in [-0.2, -0.15) is 5.10 Å². The Bertz CT molecular complexity index is 1320. The lowest BCUT2D eigenvalue weighted by Crippen LogP contribution is -2.49. The van der Waals surface area contributed by atoms with Crippen LogP contribution in [0, 0.1) is 17.0 Å². The average molecular weight is 457 g/mol. The zero-order valence-electron chi connectivity index (χ0n) is 18.6. The molecule has 0 N–H and O–H groups in total. The second-order valence-corrected chi connectivity index (χ2v) is 8.20. The molecule has 4 aromatic rings. The number of aryl methyl sites for hydroxylation is 1. The van der Waals surface area contributed by atoms with Crippen LogP contribution in [0.4, 0.5) is 11.4 Å². The molecule has 3 heterocycles. The number of nitro benzene ring substituents is 1. The highest BCUT2D eigenvalue weighted by Crippen LogP contribution is 2.25. The maximum Gasteiger partial charge on any atom is 0.272 e. The number of carbonyl (C=O) groups excluding carboxylic acids is 1. The molecule has 172 valence electrons. The number of hydrogen-bond acceptors (Lipinski definition) is 6. The third-order valence-corrected chi connectivity index (χ3v) is 5.94. The van der Waals surface area contributed by atoms with E-state index in [2.05, 4.69) is 10.00 Å². The first kappa shape index (κ1) is 21.4. The number of hydrogen-bond donors (Lipinski definition) is 0. The topological polar surface area (TPSA) is 97.7 Å². The van der Waals surface area contributed by atoms with Crippen LogP contribution >= 0.6 is 0 Å². The number of amides is 1. The number of nitrogens with zero attached hydrogens (tertiary/aromatic N) is 5. The van der Waals surface area contributed by atoms with Gasteiger partial charge in [-0.1, -0.05) is 12.1 Å². The van der Waals surface area contributed by atoms with Crippen molar-refractivity contribution >= 4 is 17.3 Å². The molecule has 0 saturated carbocycles. The molecule has 9 nitrogen and oxygen atoms in total. The van der Waals surface area contributed by atoms with E-state index in [0.717, 1.165) is 16.9 Å². The van der Waals surface area contributed by atoms with Crippen molar-refractivity contribution in [3.05, 3.63) is 94.4 Å². The lowest BCUT2D eigenvalue weighted by molar-refractivity contribution is -0.384. The van der Waals surface area contributed by atoms with Gasteiger partial charge in [0.05, 0.1) is 16.9 Å². The van der Waals surface area contributed by atoms with Crippen molar-refractivity contribution in [2.24, 2.45) is 0 Å². The molecule has 1 saturated heterocycles. The van der Waals surface area contributed by atoms with Gasteiger partial charge in [0.1, 0.15) is 11.4 Å². The largest absolute Gasteiger partial charge is 0.463 e. The van der Waals surface area contributed by atoms with Crippen molar-refractivity contribution in [3.63, 3.8) is 0 Å². The van der Waals surface area contributed by atoms with Crippen LogP contribution < -0.4 is 4.90 Å². The average Bonchev–Trinajstić information content (AvgIpc) is 3.54. The van der Waals surface area contributed by atoms with Crippen molar-refractivity contribution in [3.8, 4) is 17.1 Å². The molecule has 2 aromatic carbocycles.